The molecule has 182 valence electrons. The summed E-state index contributed by atoms with van der Waals surface area (Å²) in [7, 11) is -0.606. The Bertz CT molecular complexity index is 1320. The topological polar surface area (TPSA) is 119 Å². The van der Waals surface area contributed by atoms with E-state index in [1.807, 2.05) is 6.07 Å². The van der Waals surface area contributed by atoms with E-state index in [-0.39, 0.29) is 29.6 Å². The van der Waals surface area contributed by atoms with Crippen molar-refractivity contribution in [2.75, 3.05) is 27.2 Å². The SMILES string of the molecule is CN(C)S(=O)(=O)c1ccc(OCCNC(=O)/C(=C/c2cccc([N+](=O)[O-])c2)c2ccccc2)cc1. The first kappa shape index (κ1) is 25.6. The van der Waals surface area contributed by atoms with Gasteiger partial charge in [0, 0.05) is 31.8 Å². The molecule has 0 heterocycles. The first-order chi connectivity index (χ1) is 16.7. The van der Waals surface area contributed by atoms with E-state index < -0.39 is 14.9 Å². The maximum atomic E-state index is 13.0. The first-order valence-corrected chi connectivity index (χ1v) is 12.1. The van der Waals surface area contributed by atoms with E-state index in [9.17, 15) is 23.3 Å². The van der Waals surface area contributed by atoms with Gasteiger partial charge in [0.1, 0.15) is 12.4 Å². The first-order valence-electron chi connectivity index (χ1n) is 10.6. The van der Waals surface area contributed by atoms with Crippen molar-refractivity contribution in [3.63, 3.8) is 0 Å². The fourth-order valence-corrected chi connectivity index (χ4v) is 4.04. The molecule has 0 aliphatic carbocycles. The van der Waals surface area contributed by atoms with Gasteiger partial charge in [0.25, 0.3) is 11.6 Å². The van der Waals surface area contributed by atoms with E-state index in [1.54, 1.807) is 54.6 Å². The van der Waals surface area contributed by atoms with Crippen LogP contribution >= 0.6 is 0 Å². The number of hydrogen-bond acceptors (Lipinski definition) is 6. The number of rotatable bonds is 10. The highest BCUT2D eigenvalue weighted by Gasteiger charge is 2.17. The Morgan fingerprint density at radius 1 is 1.03 bits per heavy atom. The summed E-state index contributed by atoms with van der Waals surface area (Å²) in [5, 5.41) is 13.9. The molecule has 9 nitrogen and oxygen atoms in total. The van der Waals surface area contributed by atoms with Crippen LogP contribution < -0.4 is 10.1 Å². The van der Waals surface area contributed by atoms with Crippen LogP contribution in [-0.2, 0) is 14.8 Å². The molecule has 0 spiro atoms. The average Bonchev–Trinajstić information content (AvgIpc) is 2.86. The zero-order valence-corrected chi connectivity index (χ0v) is 20.1. The molecule has 0 atom stereocenters. The predicted octanol–water partition coefficient (Wildman–Crippen LogP) is 3.58. The van der Waals surface area contributed by atoms with Crippen molar-refractivity contribution in [1.29, 1.82) is 0 Å². The molecular weight excluding hydrogens is 470 g/mol. The van der Waals surface area contributed by atoms with Gasteiger partial charge in [-0.25, -0.2) is 12.7 Å². The zero-order chi connectivity index (χ0) is 25.4. The van der Waals surface area contributed by atoms with Crippen LogP contribution in [0.15, 0.2) is 83.8 Å². The molecular formula is C25H25N3O6S. The Morgan fingerprint density at radius 2 is 1.71 bits per heavy atom. The molecule has 3 aromatic rings. The minimum absolute atomic E-state index is 0.0654. The van der Waals surface area contributed by atoms with Gasteiger partial charge in [-0.1, -0.05) is 42.5 Å². The molecule has 0 saturated heterocycles. The lowest BCUT2D eigenvalue weighted by molar-refractivity contribution is -0.384. The fraction of sp³-hybridized carbons (Fsp3) is 0.160. The molecule has 10 heteroatoms. The molecule has 0 bridgehead atoms. The second-order valence-corrected chi connectivity index (χ2v) is 9.79. The van der Waals surface area contributed by atoms with Crippen LogP contribution in [0.3, 0.4) is 0 Å². The van der Waals surface area contributed by atoms with Crippen LogP contribution in [0.2, 0.25) is 0 Å². The van der Waals surface area contributed by atoms with Crippen LogP contribution in [0.5, 0.6) is 5.75 Å². The van der Waals surface area contributed by atoms with Gasteiger partial charge in [0.15, 0.2) is 0 Å². The summed E-state index contributed by atoms with van der Waals surface area (Å²) in [5.41, 5.74) is 1.47. The van der Waals surface area contributed by atoms with Gasteiger partial charge in [-0.3, -0.25) is 14.9 Å². The van der Waals surface area contributed by atoms with Crippen LogP contribution in [0.1, 0.15) is 11.1 Å². The van der Waals surface area contributed by atoms with E-state index in [4.69, 9.17) is 4.74 Å². The Balaban J connectivity index is 1.67. The second kappa shape index (κ2) is 11.4. The van der Waals surface area contributed by atoms with Crippen molar-refractivity contribution >= 4 is 33.3 Å². The van der Waals surface area contributed by atoms with Crippen LogP contribution in [-0.4, -0.2) is 50.8 Å². The molecule has 0 aliphatic rings. The average molecular weight is 496 g/mol. The number of sulfonamides is 1. The molecule has 0 saturated carbocycles. The summed E-state index contributed by atoms with van der Waals surface area (Å²) < 4.78 is 31.0. The number of benzene rings is 3. The van der Waals surface area contributed by atoms with Crippen molar-refractivity contribution in [1.82, 2.24) is 9.62 Å². The number of carbonyl (C=O) groups is 1. The molecule has 1 amide bonds. The van der Waals surface area contributed by atoms with Crippen LogP contribution in [0.25, 0.3) is 11.6 Å². The molecule has 0 fully saturated rings. The lowest BCUT2D eigenvalue weighted by Gasteiger charge is -2.13. The molecule has 35 heavy (non-hydrogen) atoms. The molecule has 3 rings (SSSR count). The summed E-state index contributed by atoms with van der Waals surface area (Å²) in [5.74, 6) is 0.103. The molecule has 0 radical (unpaired) electrons. The molecule has 0 aliphatic heterocycles. The van der Waals surface area contributed by atoms with Crippen molar-refractivity contribution in [3.05, 3.63) is 100 Å². The van der Waals surface area contributed by atoms with Gasteiger partial charge in [-0.2, -0.15) is 0 Å². The summed E-state index contributed by atoms with van der Waals surface area (Å²) in [6.07, 6.45) is 1.60. The highest BCUT2D eigenvalue weighted by Crippen LogP contribution is 2.22. The van der Waals surface area contributed by atoms with Crippen molar-refractivity contribution in [2.24, 2.45) is 0 Å². The highest BCUT2D eigenvalue weighted by molar-refractivity contribution is 7.89. The van der Waals surface area contributed by atoms with Crippen LogP contribution in [0.4, 0.5) is 5.69 Å². The quantitative estimate of drug-likeness (QED) is 0.151. The normalized spacial score (nSPS) is 11.8. The third-order valence-corrected chi connectivity index (χ3v) is 6.81. The minimum atomic E-state index is -3.52. The van der Waals surface area contributed by atoms with Gasteiger partial charge in [-0.15, -0.1) is 0 Å². The highest BCUT2D eigenvalue weighted by atomic mass is 32.2. The second-order valence-electron chi connectivity index (χ2n) is 7.64. The van der Waals surface area contributed by atoms with Crippen molar-refractivity contribution in [2.45, 2.75) is 4.90 Å². The molecule has 0 unspecified atom stereocenters. The molecule has 1 N–H and O–H groups in total. The monoisotopic (exact) mass is 495 g/mol. The Morgan fingerprint density at radius 3 is 2.34 bits per heavy atom. The predicted molar refractivity (Wildman–Crippen MR) is 133 cm³/mol. The summed E-state index contributed by atoms with van der Waals surface area (Å²) in [4.78, 5) is 23.7. The zero-order valence-electron chi connectivity index (χ0n) is 19.2. The maximum Gasteiger partial charge on any atom is 0.270 e. The summed E-state index contributed by atoms with van der Waals surface area (Å²) in [6.45, 7) is 0.347. The van der Waals surface area contributed by atoms with Crippen molar-refractivity contribution < 1.29 is 22.9 Å². The van der Waals surface area contributed by atoms with Gasteiger partial charge >= 0.3 is 0 Å². The smallest absolute Gasteiger partial charge is 0.270 e. The summed E-state index contributed by atoms with van der Waals surface area (Å²) >= 11 is 0. The van der Waals surface area contributed by atoms with E-state index in [1.165, 1.54) is 38.4 Å². The Hall–Kier alpha value is -4.02. The third kappa shape index (κ3) is 6.75. The summed E-state index contributed by atoms with van der Waals surface area (Å²) in [6, 6.07) is 21.0. The Labute approximate surface area is 203 Å². The number of non-ortho nitro benzene ring substituents is 1. The largest absolute Gasteiger partial charge is 0.492 e. The van der Waals surface area contributed by atoms with E-state index in [0.717, 1.165) is 4.31 Å². The van der Waals surface area contributed by atoms with E-state index in [0.29, 0.717) is 22.4 Å². The Kier molecular flexibility index (Phi) is 8.34. The number of hydrogen-bond donors (Lipinski definition) is 1. The number of nitro groups is 1. The number of ether oxygens (including phenoxy) is 1. The number of nitro benzene ring substituents is 1. The maximum absolute atomic E-state index is 13.0. The fourth-order valence-electron chi connectivity index (χ4n) is 3.14. The van der Waals surface area contributed by atoms with Crippen LogP contribution in [0, 0.1) is 10.1 Å². The number of amides is 1. The van der Waals surface area contributed by atoms with Gasteiger partial charge in [0.2, 0.25) is 10.0 Å². The number of carbonyl (C=O) groups excluding carboxylic acids is 1. The van der Waals surface area contributed by atoms with Gasteiger partial charge in [-0.05, 0) is 41.5 Å². The van der Waals surface area contributed by atoms with Crippen molar-refractivity contribution in [3.8, 4) is 5.75 Å². The molecule has 0 aromatic heterocycles. The lowest BCUT2D eigenvalue weighted by Crippen LogP contribution is -2.28. The van der Waals surface area contributed by atoms with E-state index in [2.05, 4.69) is 5.32 Å². The third-order valence-electron chi connectivity index (χ3n) is 4.98. The lowest BCUT2D eigenvalue weighted by atomic mass is 10.0. The van der Waals surface area contributed by atoms with Gasteiger partial charge in [0.05, 0.1) is 16.4 Å². The molecule has 3 aromatic carbocycles. The number of nitrogens with one attached hydrogen (secondary N) is 1. The van der Waals surface area contributed by atoms with E-state index >= 15 is 0 Å². The number of nitrogens with zero attached hydrogens (tertiary/aromatic N) is 2. The minimum Gasteiger partial charge on any atom is -0.492 e. The van der Waals surface area contributed by atoms with Gasteiger partial charge < -0.3 is 10.1 Å². The standard InChI is InChI=1S/C25H25N3O6S/c1-27(2)35(32,33)23-13-11-22(12-14-23)34-16-15-26-25(29)24(20-8-4-3-5-9-20)18-19-7-6-10-21(17-19)28(30)31/h3-14,17-18H,15-16H2,1-2H3,(H,26,29)/b24-18+.